The molecule has 0 saturated carbocycles. The molecule has 0 fully saturated rings. The number of hydrogen-bond donors (Lipinski definition) is 2. The largest absolute Gasteiger partial charge is 0.494 e. The normalized spacial score (nSPS) is 10.3. The highest BCUT2D eigenvalue weighted by molar-refractivity contribution is 6.00. The summed E-state index contributed by atoms with van der Waals surface area (Å²) in [5, 5.41) is 0. The number of hydrazine groups is 1. The van der Waals surface area contributed by atoms with E-state index in [1.165, 1.54) is 31.4 Å². The Kier molecular flexibility index (Phi) is 9.39. The first-order valence-electron chi connectivity index (χ1n) is 11.2. The molecule has 3 rings (SSSR count). The van der Waals surface area contributed by atoms with Crippen LogP contribution >= 0.6 is 0 Å². The first-order chi connectivity index (χ1) is 17.0. The van der Waals surface area contributed by atoms with Crippen LogP contribution < -0.4 is 15.6 Å². The molecule has 0 aliphatic rings. The lowest BCUT2D eigenvalue weighted by Crippen LogP contribution is -2.41. The Balaban J connectivity index is 1.50. The molecule has 0 unspecified atom stereocenters. The first-order valence-corrected chi connectivity index (χ1v) is 11.2. The summed E-state index contributed by atoms with van der Waals surface area (Å²) in [5.41, 5.74) is 7.69. The van der Waals surface area contributed by atoms with Gasteiger partial charge in [-0.1, -0.05) is 24.3 Å². The number of nitrogens with one attached hydrogen (secondary N) is 2. The van der Waals surface area contributed by atoms with Crippen molar-refractivity contribution in [1.29, 1.82) is 0 Å². The zero-order valence-electron chi connectivity index (χ0n) is 19.7. The molecule has 182 valence electrons. The zero-order valence-corrected chi connectivity index (χ0v) is 19.7. The lowest BCUT2D eigenvalue weighted by atomic mass is 10.0. The predicted molar refractivity (Wildman–Crippen MR) is 131 cm³/mol. The Morgan fingerprint density at radius 3 is 1.69 bits per heavy atom. The van der Waals surface area contributed by atoms with E-state index >= 15 is 0 Å². The maximum atomic E-state index is 12.4. The van der Waals surface area contributed by atoms with Crippen molar-refractivity contribution in [3.63, 3.8) is 0 Å². The second-order valence-corrected chi connectivity index (χ2v) is 7.48. The van der Waals surface area contributed by atoms with E-state index in [1.807, 2.05) is 43.3 Å². The average Bonchev–Trinajstić information content (AvgIpc) is 2.91. The quantitative estimate of drug-likeness (QED) is 0.260. The van der Waals surface area contributed by atoms with E-state index in [-0.39, 0.29) is 5.56 Å². The van der Waals surface area contributed by atoms with Crippen LogP contribution in [0.2, 0.25) is 0 Å². The van der Waals surface area contributed by atoms with Gasteiger partial charge in [0.05, 0.1) is 19.3 Å². The van der Waals surface area contributed by atoms with E-state index in [0.29, 0.717) is 30.9 Å². The minimum absolute atomic E-state index is 0.287. The Hall–Kier alpha value is -4.17. The molecule has 0 bridgehead atoms. The molecule has 0 radical (unpaired) electrons. The van der Waals surface area contributed by atoms with Crippen LogP contribution in [0.5, 0.6) is 5.75 Å². The molecule has 35 heavy (non-hydrogen) atoms. The number of hydrogen-bond acceptors (Lipinski definition) is 6. The molecule has 3 aromatic carbocycles. The Labute approximate surface area is 204 Å². The second-order valence-electron chi connectivity index (χ2n) is 7.48. The van der Waals surface area contributed by atoms with Gasteiger partial charge < -0.3 is 14.2 Å². The lowest BCUT2D eigenvalue weighted by molar-refractivity contribution is 0.0600. The van der Waals surface area contributed by atoms with E-state index in [9.17, 15) is 14.4 Å². The van der Waals surface area contributed by atoms with Gasteiger partial charge in [-0.25, -0.2) is 4.79 Å². The second kappa shape index (κ2) is 12.9. The Bertz CT molecular complexity index is 1130. The van der Waals surface area contributed by atoms with Gasteiger partial charge in [-0.05, 0) is 66.6 Å². The summed E-state index contributed by atoms with van der Waals surface area (Å²) >= 11 is 0. The third-order valence-corrected chi connectivity index (χ3v) is 5.10. The highest BCUT2D eigenvalue weighted by Gasteiger charge is 2.11. The van der Waals surface area contributed by atoms with Crippen LogP contribution in [-0.2, 0) is 9.47 Å². The molecular weight excluding hydrogens is 448 g/mol. The molecule has 2 N–H and O–H groups in total. The van der Waals surface area contributed by atoms with E-state index in [4.69, 9.17) is 9.47 Å². The van der Waals surface area contributed by atoms with Gasteiger partial charge in [-0.2, -0.15) is 0 Å². The molecule has 0 heterocycles. The van der Waals surface area contributed by atoms with Crippen molar-refractivity contribution >= 4 is 17.8 Å². The molecule has 3 aromatic rings. The van der Waals surface area contributed by atoms with Crippen LogP contribution in [-0.4, -0.2) is 44.7 Å². The smallest absolute Gasteiger partial charge is 0.337 e. The third-order valence-electron chi connectivity index (χ3n) is 5.10. The van der Waals surface area contributed by atoms with Crippen LogP contribution in [0.3, 0.4) is 0 Å². The molecule has 0 atom stereocenters. The SMILES string of the molecule is CCOCCCOc1ccc(-c2ccc(C(=O)NNC(=O)c3ccc(C(=O)OC)cc3)cc2)cc1. The summed E-state index contributed by atoms with van der Waals surface area (Å²) in [5.74, 6) is -0.665. The number of esters is 1. The van der Waals surface area contributed by atoms with E-state index < -0.39 is 17.8 Å². The standard InChI is InChI=1S/C27H28N2O6/c1-3-34-17-4-18-35-24-15-13-20(14-16-24)19-5-7-21(8-6-19)25(30)28-29-26(31)22-9-11-23(12-10-22)27(32)33-2/h5-16H,3-4,17-18H2,1-2H3,(H,28,30)(H,29,31). The van der Waals surface area contributed by atoms with Crippen LogP contribution in [0.4, 0.5) is 0 Å². The van der Waals surface area contributed by atoms with Gasteiger partial charge in [-0.3, -0.25) is 20.4 Å². The van der Waals surface area contributed by atoms with Gasteiger partial charge in [0.15, 0.2) is 0 Å². The fourth-order valence-corrected chi connectivity index (χ4v) is 3.19. The van der Waals surface area contributed by atoms with Gasteiger partial charge in [0.1, 0.15) is 5.75 Å². The summed E-state index contributed by atoms with van der Waals surface area (Å²) in [7, 11) is 1.28. The van der Waals surface area contributed by atoms with E-state index in [0.717, 1.165) is 23.3 Å². The molecule has 8 nitrogen and oxygen atoms in total. The van der Waals surface area contributed by atoms with Gasteiger partial charge in [0, 0.05) is 30.8 Å². The molecular formula is C27H28N2O6. The Morgan fingerprint density at radius 1 is 0.686 bits per heavy atom. The minimum atomic E-state index is -0.508. The van der Waals surface area contributed by atoms with Crippen LogP contribution in [0.25, 0.3) is 11.1 Å². The molecule has 0 aromatic heterocycles. The molecule has 2 amide bonds. The predicted octanol–water partition coefficient (Wildman–Crippen LogP) is 4.02. The van der Waals surface area contributed by atoms with Crippen molar-refractivity contribution in [3.05, 3.63) is 89.5 Å². The fourth-order valence-electron chi connectivity index (χ4n) is 3.19. The summed E-state index contributed by atoms with van der Waals surface area (Å²) in [6, 6.07) is 20.6. The number of carbonyl (C=O) groups is 3. The number of ether oxygens (including phenoxy) is 3. The first kappa shape index (κ1) is 25.5. The maximum Gasteiger partial charge on any atom is 0.337 e. The van der Waals surface area contributed by atoms with Crippen molar-refractivity contribution in [1.82, 2.24) is 10.9 Å². The molecule has 0 spiro atoms. The number of rotatable bonds is 10. The summed E-state index contributed by atoms with van der Waals surface area (Å²) in [6.07, 6.45) is 0.835. The number of benzene rings is 3. The van der Waals surface area contributed by atoms with Crippen molar-refractivity contribution < 1.29 is 28.6 Å². The number of amides is 2. The lowest BCUT2D eigenvalue weighted by Gasteiger charge is -2.09. The highest BCUT2D eigenvalue weighted by Crippen LogP contribution is 2.23. The molecule has 0 aliphatic carbocycles. The van der Waals surface area contributed by atoms with Crippen LogP contribution in [0, 0.1) is 0 Å². The minimum Gasteiger partial charge on any atom is -0.494 e. The van der Waals surface area contributed by atoms with Crippen molar-refractivity contribution in [2.45, 2.75) is 13.3 Å². The Morgan fingerprint density at radius 2 is 1.17 bits per heavy atom. The van der Waals surface area contributed by atoms with Gasteiger partial charge >= 0.3 is 5.97 Å². The summed E-state index contributed by atoms with van der Waals surface area (Å²) in [4.78, 5) is 36.1. The fraction of sp³-hybridized carbons (Fsp3) is 0.222. The van der Waals surface area contributed by atoms with Crippen molar-refractivity contribution in [2.75, 3.05) is 26.9 Å². The summed E-state index contributed by atoms with van der Waals surface area (Å²) < 4.78 is 15.6. The average molecular weight is 477 g/mol. The van der Waals surface area contributed by atoms with E-state index in [2.05, 4.69) is 15.6 Å². The highest BCUT2D eigenvalue weighted by atomic mass is 16.5. The maximum absolute atomic E-state index is 12.4. The topological polar surface area (TPSA) is 103 Å². The molecule has 8 heteroatoms. The van der Waals surface area contributed by atoms with Gasteiger partial charge in [0.25, 0.3) is 11.8 Å². The third kappa shape index (κ3) is 7.41. The van der Waals surface area contributed by atoms with Crippen LogP contribution in [0.15, 0.2) is 72.8 Å². The molecule has 0 aliphatic heterocycles. The van der Waals surface area contributed by atoms with Gasteiger partial charge in [-0.15, -0.1) is 0 Å². The molecule has 0 saturated heterocycles. The van der Waals surface area contributed by atoms with Crippen molar-refractivity contribution in [3.8, 4) is 16.9 Å². The van der Waals surface area contributed by atoms with Gasteiger partial charge in [0.2, 0.25) is 0 Å². The zero-order chi connectivity index (χ0) is 25.0. The summed E-state index contributed by atoms with van der Waals surface area (Å²) in [6.45, 7) is 3.95. The van der Waals surface area contributed by atoms with E-state index in [1.54, 1.807) is 12.1 Å². The van der Waals surface area contributed by atoms with Crippen LogP contribution in [0.1, 0.15) is 44.4 Å². The number of methoxy groups -OCH3 is 1. The number of carbonyl (C=O) groups excluding carboxylic acids is 3. The monoisotopic (exact) mass is 476 g/mol. The van der Waals surface area contributed by atoms with Crippen molar-refractivity contribution in [2.24, 2.45) is 0 Å².